The number of carbonyl (C=O) groups excluding carboxylic acids is 1. The fourth-order valence-corrected chi connectivity index (χ4v) is 2.87. The van der Waals surface area contributed by atoms with Crippen LogP contribution in [-0.2, 0) is 14.8 Å². The predicted molar refractivity (Wildman–Crippen MR) is 46.4 cm³/mol. The highest BCUT2D eigenvalue weighted by molar-refractivity contribution is 7.89. The Kier molecular flexibility index (Phi) is 2.92. The third kappa shape index (κ3) is 2.19. The molecule has 0 bridgehead atoms. The number of aliphatic hydroxyl groups is 1. The van der Waals surface area contributed by atoms with Crippen LogP contribution in [0, 0.1) is 0 Å². The van der Waals surface area contributed by atoms with E-state index >= 15 is 0 Å². The Labute approximate surface area is 77.4 Å². The summed E-state index contributed by atoms with van der Waals surface area (Å²) in [4.78, 5) is 11.2. The quantitative estimate of drug-likeness (QED) is 0.618. The van der Waals surface area contributed by atoms with Crippen molar-refractivity contribution in [2.45, 2.75) is 25.9 Å². The highest BCUT2D eigenvalue weighted by atomic mass is 32.2. The van der Waals surface area contributed by atoms with Crippen molar-refractivity contribution >= 4 is 15.9 Å². The van der Waals surface area contributed by atoms with Crippen molar-refractivity contribution in [2.24, 2.45) is 0 Å². The molecule has 0 aromatic rings. The minimum Gasteiger partial charge on any atom is -0.384 e. The van der Waals surface area contributed by atoms with E-state index in [0.29, 0.717) is 12.8 Å². The van der Waals surface area contributed by atoms with Crippen molar-refractivity contribution in [3.05, 3.63) is 0 Å². The summed E-state index contributed by atoms with van der Waals surface area (Å²) < 4.78 is 23.4. The molecule has 1 N–H and O–H groups in total. The Balaban J connectivity index is 2.84. The molecule has 1 aliphatic rings. The average Bonchev–Trinajstić information content (AvgIpc) is 2.02. The summed E-state index contributed by atoms with van der Waals surface area (Å²) in [7, 11) is -3.44. The van der Waals surface area contributed by atoms with Crippen molar-refractivity contribution in [1.29, 1.82) is 0 Å². The van der Waals surface area contributed by atoms with Gasteiger partial charge in [0.15, 0.2) is 0 Å². The summed E-state index contributed by atoms with van der Waals surface area (Å²) in [6, 6.07) is 0. The maximum Gasteiger partial charge on any atom is 0.264 e. The number of amides is 1. The first-order chi connectivity index (χ1) is 5.95. The lowest BCUT2D eigenvalue weighted by Gasteiger charge is -2.27. The number of aliphatic hydroxyl groups excluding tert-OH is 1. The summed E-state index contributed by atoms with van der Waals surface area (Å²) in [5, 5.41) is 8.95. The molecule has 0 aromatic carbocycles. The molecule has 1 aliphatic heterocycles. The first kappa shape index (κ1) is 10.5. The van der Waals surface area contributed by atoms with Crippen molar-refractivity contribution in [3.63, 3.8) is 0 Å². The van der Waals surface area contributed by atoms with Crippen LogP contribution in [0.1, 0.15) is 19.8 Å². The lowest BCUT2D eigenvalue weighted by molar-refractivity contribution is -0.134. The molecule has 0 saturated carbocycles. The number of carbonyl (C=O) groups is 1. The number of hydrogen-bond acceptors (Lipinski definition) is 4. The monoisotopic (exact) mass is 207 g/mol. The van der Waals surface area contributed by atoms with Crippen LogP contribution in [0.5, 0.6) is 0 Å². The van der Waals surface area contributed by atoms with E-state index in [-0.39, 0.29) is 12.3 Å². The van der Waals surface area contributed by atoms with E-state index in [0.717, 1.165) is 4.31 Å². The standard InChI is InChI=1S/C7H13NO4S/c1-6(9)7(10)8-4-2-3-5-13(8,11)12/h6,9H,2-5H2,1H3/t6-/m0/s1. The third-order valence-electron chi connectivity index (χ3n) is 1.95. The Morgan fingerprint density at radius 2 is 2.08 bits per heavy atom. The second-order valence-electron chi connectivity index (χ2n) is 3.11. The first-order valence-corrected chi connectivity index (χ1v) is 5.78. The van der Waals surface area contributed by atoms with Crippen molar-refractivity contribution in [1.82, 2.24) is 4.31 Å². The van der Waals surface area contributed by atoms with E-state index in [1.807, 2.05) is 0 Å². The molecule has 0 unspecified atom stereocenters. The van der Waals surface area contributed by atoms with Crippen LogP contribution in [0.2, 0.25) is 0 Å². The fraction of sp³-hybridized carbons (Fsp3) is 0.857. The van der Waals surface area contributed by atoms with Gasteiger partial charge in [-0.15, -0.1) is 0 Å². The van der Waals surface area contributed by atoms with Gasteiger partial charge in [0.25, 0.3) is 5.91 Å². The van der Waals surface area contributed by atoms with Crippen LogP contribution < -0.4 is 0 Å². The summed E-state index contributed by atoms with van der Waals surface area (Å²) >= 11 is 0. The van der Waals surface area contributed by atoms with E-state index in [1.165, 1.54) is 6.92 Å². The fourth-order valence-electron chi connectivity index (χ4n) is 1.24. The lowest BCUT2D eigenvalue weighted by Crippen LogP contribution is -2.46. The van der Waals surface area contributed by atoms with E-state index in [9.17, 15) is 13.2 Å². The average molecular weight is 207 g/mol. The molecule has 6 heteroatoms. The molecule has 5 nitrogen and oxygen atoms in total. The van der Waals surface area contributed by atoms with Gasteiger partial charge in [0.05, 0.1) is 5.75 Å². The van der Waals surface area contributed by atoms with Gasteiger partial charge >= 0.3 is 0 Å². The van der Waals surface area contributed by atoms with Crippen LogP contribution in [0.3, 0.4) is 0 Å². The maximum atomic E-state index is 11.3. The summed E-state index contributed by atoms with van der Waals surface area (Å²) in [5.41, 5.74) is 0. The van der Waals surface area contributed by atoms with Gasteiger partial charge in [0.2, 0.25) is 10.0 Å². The normalized spacial score (nSPS) is 24.0. The highest BCUT2D eigenvalue weighted by Crippen LogP contribution is 2.14. The smallest absolute Gasteiger partial charge is 0.264 e. The molecule has 0 aliphatic carbocycles. The van der Waals surface area contributed by atoms with Gasteiger partial charge in [0.1, 0.15) is 6.10 Å². The molecular formula is C7H13NO4S. The van der Waals surface area contributed by atoms with Gasteiger partial charge in [-0.25, -0.2) is 12.7 Å². The number of hydrogen-bond donors (Lipinski definition) is 1. The zero-order valence-corrected chi connectivity index (χ0v) is 8.25. The summed E-state index contributed by atoms with van der Waals surface area (Å²) in [6.07, 6.45) is 0.0248. The zero-order valence-electron chi connectivity index (χ0n) is 7.43. The lowest BCUT2D eigenvalue weighted by atomic mass is 10.3. The summed E-state index contributed by atoms with van der Waals surface area (Å²) in [5.74, 6) is -0.717. The van der Waals surface area contributed by atoms with Crippen molar-refractivity contribution < 1.29 is 18.3 Å². The first-order valence-electron chi connectivity index (χ1n) is 4.17. The van der Waals surface area contributed by atoms with Gasteiger partial charge in [-0.05, 0) is 19.8 Å². The SMILES string of the molecule is C[C@H](O)C(=O)N1CCCCS1(=O)=O. The Hall–Kier alpha value is -0.620. The Morgan fingerprint density at radius 1 is 1.46 bits per heavy atom. The summed E-state index contributed by atoms with van der Waals surface area (Å²) in [6.45, 7) is 1.47. The van der Waals surface area contributed by atoms with Crippen LogP contribution in [0.25, 0.3) is 0 Å². The molecule has 76 valence electrons. The molecule has 0 radical (unpaired) electrons. The Bertz CT molecular complexity index is 296. The predicted octanol–water partition coefficient (Wildman–Crippen LogP) is -0.681. The molecule has 1 saturated heterocycles. The molecule has 1 rings (SSSR count). The van der Waals surface area contributed by atoms with Gasteiger partial charge in [0, 0.05) is 6.54 Å². The molecule has 1 amide bonds. The van der Waals surface area contributed by atoms with Crippen LogP contribution in [0.4, 0.5) is 0 Å². The minimum atomic E-state index is -3.44. The topological polar surface area (TPSA) is 74.7 Å². The molecule has 0 aromatic heterocycles. The van der Waals surface area contributed by atoms with E-state index in [4.69, 9.17) is 5.11 Å². The van der Waals surface area contributed by atoms with Gasteiger partial charge in [-0.3, -0.25) is 4.79 Å². The van der Waals surface area contributed by atoms with Gasteiger partial charge in [-0.2, -0.15) is 0 Å². The second kappa shape index (κ2) is 3.63. The van der Waals surface area contributed by atoms with Crippen LogP contribution in [0.15, 0.2) is 0 Å². The van der Waals surface area contributed by atoms with E-state index < -0.39 is 22.0 Å². The van der Waals surface area contributed by atoms with Crippen molar-refractivity contribution in [2.75, 3.05) is 12.3 Å². The Morgan fingerprint density at radius 3 is 2.54 bits per heavy atom. The second-order valence-corrected chi connectivity index (χ2v) is 5.12. The molecular weight excluding hydrogens is 194 g/mol. The van der Waals surface area contributed by atoms with Crippen LogP contribution in [-0.4, -0.2) is 42.1 Å². The van der Waals surface area contributed by atoms with Crippen LogP contribution >= 0.6 is 0 Å². The molecule has 13 heavy (non-hydrogen) atoms. The highest BCUT2D eigenvalue weighted by Gasteiger charge is 2.31. The maximum absolute atomic E-state index is 11.3. The molecule has 1 atom stereocenters. The van der Waals surface area contributed by atoms with Gasteiger partial charge < -0.3 is 5.11 Å². The largest absolute Gasteiger partial charge is 0.384 e. The van der Waals surface area contributed by atoms with E-state index in [1.54, 1.807) is 0 Å². The van der Waals surface area contributed by atoms with Crippen molar-refractivity contribution in [3.8, 4) is 0 Å². The zero-order chi connectivity index (χ0) is 10.1. The molecule has 1 heterocycles. The number of sulfonamides is 1. The molecule has 0 spiro atoms. The number of rotatable bonds is 1. The van der Waals surface area contributed by atoms with Gasteiger partial charge in [-0.1, -0.05) is 0 Å². The minimum absolute atomic E-state index is 0.00542. The third-order valence-corrected chi connectivity index (χ3v) is 3.79. The molecule has 1 fully saturated rings. The number of nitrogens with zero attached hydrogens (tertiary/aromatic N) is 1. The van der Waals surface area contributed by atoms with E-state index in [2.05, 4.69) is 0 Å².